The van der Waals surface area contributed by atoms with Crippen molar-refractivity contribution >= 4 is 0 Å². The van der Waals surface area contributed by atoms with E-state index in [1.807, 2.05) is 0 Å². The Hall–Kier alpha value is -2.83. The van der Waals surface area contributed by atoms with Crippen molar-refractivity contribution in [2.45, 2.75) is 0 Å². The number of phenolic OH excluding ortho intramolecular Hbond substituents is 2. The Morgan fingerprint density at radius 2 is 2.00 bits per heavy atom. The van der Waals surface area contributed by atoms with Gasteiger partial charge < -0.3 is 14.7 Å². The van der Waals surface area contributed by atoms with Crippen LogP contribution in [0.5, 0.6) is 11.5 Å². The number of aromatic hydroxyl groups is 2. The first kappa shape index (κ1) is 11.3. The van der Waals surface area contributed by atoms with E-state index in [-0.39, 0.29) is 17.4 Å². The van der Waals surface area contributed by atoms with Crippen molar-refractivity contribution in [1.82, 2.24) is 19.9 Å². The highest BCUT2D eigenvalue weighted by Crippen LogP contribution is 2.30. The molecule has 3 rings (SSSR count). The molecule has 3 aromatic rings. The Morgan fingerprint density at radius 1 is 1.16 bits per heavy atom. The number of phenols is 2. The van der Waals surface area contributed by atoms with Crippen molar-refractivity contribution in [2.75, 3.05) is 0 Å². The van der Waals surface area contributed by atoms with Crippen molar-refractivity contribution in [2.24, 2.45) is 7.05 Å². The fourth-order valence-corrected chi connectivity index (χ4v) is 1.65. The number of rotatable bonds is 2. The van der Waals surface area contributed by atoms with Crippen LogP contribution in [-0.4, -0.2) is 30.1 Å². The van der Waals surface area contributed by atoms with E-state index in [9.17, 15) is 10.2 Å². The summed E-state index contributed by atoms with van der Waals surface area (Å²) in [7, 11) is 1.79. The van der Waals surface area contributed by atoms with Gasteiger partial charge in [0.05, 0.1) is 11.8 Å². The summed E-state index contributed by atoms with van der Waals surface area (Å²) in [6.07, 6.45) is 3.39. The predicted molar refractivity (Wildman–Crippen MR) is 65.3 cm³/mol. The number of benzene rings is 1. The monoisotopic (exact) mass is 258 g/mol. The SMILES string of the molecule is Cn1cc(-c2noc(-c3ccc(O)c(O)c3)n2)cn1. The van der Waals surface area contributed by atoms with E-state index in [2.05, 4.69) is 15.2 Å². The smallest absolute Gasteiger partial charge is 0.258 e. The third-order valence-corrected chi connectivity index (χ3v) is 2.61. The molecule has 0 radical (unpaired) electrons. The molecule has 0 atom stereocenters. The molecule has 0 aliphatic carbocycles. The number of hydrogen-bond acceptors (Lipinski definition) is 6. The molecular weight excluding hydrogens is 248 g/mol. The maximum absolute atomic E-state index is 9.44. The lowest BCUT2D eigenvalue weighted by Crippen LogP contribution is -1.84. The van der Waals surface area contributed by atoms with Gasteiger partial charge >= 0.3 is 0 Å². The summed E-state index contributed by atoms with van der Waals surface area (Å²) in [5.41, 5.74) is 1.26. The average molecular weight is 258 g/mol. The molecule has 0 spiro atoms. The van der Waals surface area contributed by atoms with Gasteiger partial charge in [0.1, 0.15) is 0 Å². The normalized spacial score (nSPS) is 10.8. The van der Waals surface area contributed by atoms with Crippen LogP contribution in [0.15, 0.2) is 35.1 Å². The molecule has 0 saturated carbocycles. The first-order chi connectivity index (χ1) is 9.13. The zero-order chi connectivity index (χ0) is 13.4. The van der Waals surface area contributed by atoms with Gasteiger partial charge in [0.25, 0.3) is 5.89 Å². The molecular formula is C12H10N4O3. The molecule has 2 N–H and O–H groups in total. The second-order valence-corrected chi connectivity index (χ2v) is 4.03. The highest BCUT2D eigenvalue weighted by Gasteiger charge is 2.13. The molecule has 96 valence electrons. The maximum Gasteiger partial charge on any atom is 0.258 e. The summed E-state index contributed by atoms with van der Waals surface area (Å²) in [6.45, 7) is 0. The number of hydrogen-bond donors (Lipinski definition) is 2. The molecule has 0 fully saturated rings. The molecule has 7 nitrogen and oxygen atoms in total. The summed E-state index contributed by atoms with van der Waals surface area (Å²) >= 11 is 0. The third-order valence-electron chi connectivity index (χ3n) is 2.61. The molecule has 7 heteroatoms. The number of nitrogens with zero attached hydrogens (tertiary/aromatic N) is 4. The highest BCUT2D eigenvalue weighted by atomic mass is 16.5. The van der Waals surface area contributed by atoms with Crippen molar-refractivity contribution in [3.05, 3.63) is 30.6 Å². The average Bonchev–Trinajstić information content (AvgIpc) is 3.01. The molecule has 0 unspecified atom stereocenters. The second kappa shape index (κ2) is 4.13. The third kappa shape index (κ3) is 2.01. The van der Waals surface area contributed by atoms with Gasteiger partial charge in [-0.05, 0) is 18.2 Å². The Labute approximate surface area is 107 Å². The van der Waals surface area contributed by atoms with Crippen LogP contribution in [0.4, 0.5) is 0 Å². The van der Waals surface area contributed by atoms with E-state index < -0.39 is 0 Å². The van der Waals surface area contributed by atoms with Gasteiger partial charge in [-0.15, -0.1) is 0 Å². The molecule has 19 heavy (non-hydrogen) atoms. The molecule has 2 heterocycles. The van der Waals surface area contributed by atoms with Gasteiger partial charge in [-0.1, -0.05) is 5.16 Å². The topological polar surface area (TPSA) is 97.2 Å². The van der Waals surface area contributed by atoms with E-state index in [1.165, 1.54) is 12.1 Å². The molecule has 0 saturated heterocycles. The maximum atomic E-state index is 9.44. The van der Waals surface area contributed by atoms with Crippen LogP contribution in [0.3, 0.4) is 0 Å². The van der Waals surface area contributed by atoms with Gasteiger partial charge in [-0.3, -0.25) is 4.68 Å². The molecule has 0 aliphatic rings. The summed E-state index contributed by atoms with van der Waals surface area (Å²) < 4.78 is 6.75. The molecule has 1 aromatic carbocycles. The minimum absolute atomic E-state index is 0.198. The van der Waals surface area contributed by atoms with Gasteiger partial charge in [-0.25, -0.2) is 0 Å². The quantitative estimate of drug-likeness (QED) is 0.677. The van der Waals surface area contributed by atoms with Crippen LogP contribution in [0.1, 0.15) is 0 Å². The zero-order valence-corrected chi connectivity index (χ0v) is 9.98. The summed E-state index contributed by atoms with van der Waals surface area (Å²) in [5.74, 6) is 0.235. The summed E-state index contributed by atoms with van der Waals surface area (Å²) in [4.78, 5) is 4.21. The molecule has 0 amide bonds. The van der Waals surface area contributed by atoms with Crippen LogP contribution in [0.25, 0.3) is 22.8 Å². The Kier molecular flexibility index (Phi) is 2.45. The van der Waals surface area contributed by atoms with Crippen molar-refractivity contribution < 1.29 is 14.7 Å². The lowest BCUT2D eigenvalue weighted by molar-refractivity contribution is 0.402. The van der Waals surface area contributed by atoms with Gasteiger partial charge in [-0.2, -0.15) is 10.1 Å². The van der Waals surface area contributed by atoms with Gasteiger partial charge in [0.2, 0.25) is 5.82 Å². The fourth-order valence-electron chi connectivity index (χ4n) is 1.65. The second-order valence-electron chi connectivity index (χ2n) is 4.03. The largest absolute Gasteiger partial charge is 0.504 e. The minimum Gasteiger partial charge on any atom is -0.504 e. The predicted octanol–water partition coefficient (Wildman–Crippen LogP) is 1.55. The van der Waals surface area contributed by atoms with E-state index in [0.29, 0.717) is 11.4 Å². The first-order valence-corrected chi connectivity index (χ1v) is 5.48. The number of aromatic nitrogens is 4. The summed E-state index contributed by atoms with van der Waals surface area (Å²) in [5, 5.41) is 26.6. The van der Waals surface area contributed by atoms with E-state index in [1.54, 1.807) is 30.2 Å². The minimum atomic E-state index is -0.237. The van der Waals surface area contributed by atoms with Crippen LogP contribution in [0.2, 0.25) is 0 Å². The summed E-state index contributed by atoms with van der Waals surface area (Å²) in [6, 6.07) is 4.30. The van der Waals surface area contributed by atoms with Crippen molar-refractivity contribution in [1.29, 1.82) is 0 Å². The highest BCUT2D eigenvalue weighted by molar-refractivity contribution is 5.61. The molecule has 0 bridgehead atoms. The van der Waals surface area contributed by atoms with E-state index >= 15 is 0 Å². The van der Waals surface area contributed by atoms with Crippen LogP contribution >= 0.6 is 0 Å². The Bertz CT molecular complexity index is 732. The first-order valence-electron chi connectivity index (χ1n) is 5.48. The lowest BCUT2D eigenvalue weighted by atomic mass is 10.2. The van der Waals surface area contributed by atoms with Crippen LogP contribution < -0.4 is 0 Å². The van der Waals surface area contributed by atoms with E-state index in [0.717, 1.165) is 5.56 Å². The van der Waals surface area contributed by atoms with Crippen molar-refractivity contribution in [3.8, 4) is 34.3 Å². The Morgan fingerprint density at radius 3 is 2.68 bits per heavy atom. The molecule has 2 aromatic heterocycles. The van der Waals surface area contributed by atoms with E-state index in [4.69, 9.17) is 4.52 Å². The van der Waals surface area contributed by atoms with Gasteiger partial charge in [0, 0.05) is 18.8 Å². The Balaban J connectivity index is 1.98. The van der Waals surface area contributed by atoms with Gasteiger partial charge in [0.15, 0.2) is 11.5 Å². The lowest BCUT2D eigenvalue weighted by Gasteiger charge is -1.98. The fraction of sp³-hybridized carbons (Fsp3) is 0.0833. The van der Waals surface area contributed by atoms with Crippen LogP contribution in [0, 0.1) is 0 Å². The van der Waals surface area contributed by atoms with Crippen molar-refractivity contribution in [3.63, 3.8) is 0 Å². The zero-order valence-electron chi connectivity index (χ0n) is 9.98. The standard InChI is InChI=1S/C12H10N4O3/c1-16-6-8(5-13-16)11-14-12(19-15-11)7-2-3-9(17)10(18)4-7/h2-6,17-18H,1H3. The number of aryl methyl sites for hydroxylation is 1. The van der Waals surface area contributed by atoms with Crippen LogP contribution in [-0.2, 0) is 7.05 Å². The molecule has 0 aliphatic heterocycles.